The Labute approximate surface area is 114 Å². The van der Waals surface area contributed by atoms with E-state index in [1.807, 2.05) is 19.1 Å². The summed E-state index contributed by atoms with van der Waals surface area (Å²) in [5.74, 6) is -1.10. The quantitative estimate of drug-likeness (QED) is 0.619. The van der Waals surface area contributed by atoms with Crippen LogP contribution in [0.2, 0.25) is 0 Å². The minimum atomic E-state index is -1.46. The van der Waals surface area contributed by atoms with Crippen molar-refractivity contribution in [2.24, 2.45) is 0 Å². The number of benzene rings is 1. The van der Waals surface area contributed by atoms with Crippen molar-refractivity contribution in [1.29, 1.82) is 0 Å². The van der Waals surface area contributed by atoms with Gasteiger partial charge in [-0.15, -0.1) is 0 Å². The molecule has 0 fully saturated rings. The molecule has 0 saturated carbocycles. The molecule has 1 aromatic carbocycles. The van der Waals surface area contributed by atoms with Crippen LogP contribution in [0, 0.1) is 6.92 Å². The zero-order chi connectivity index (χ0) is 13.7. The molecule has 0 heterocycles. The Morgan fingerprint density at radius 1 is 1.44 bits per heavy atom. The molecule has 18 heavy (non-hydrogen) atoms. The Balaban J connectivity index is 2.58. The van der Waals surface area contributed by atoms with E-state index in [4.69, 9.17) is 16.7 Å². The Hall–Kier alpha value is -0.750. The standard InChI is InChI=1S/C12H15ClO4S/c1-8-2-4-10(5-3-8)18(17)11(13)6-9(14)7-12(15)16/h2-5,9,11,14H,6-7H2,1H3,(H,15,16). The number of carboxylic acid groups (broad SMARTS) is 1. The summed E-state index contributed by atoms with van der Waals surface area (Å²) in [5.41, 5.74) is 1.05. The second-order valence-corrected chi connectivity index (χ2v) is 6.43. The van der Waals surface area contributed by atoms with Gasteiger partial charge in [0.05, 0.1) is 12.5 Å². The first-order valence-electron chi connectivity index (χ1n) is 5.41. The summed E-state index contributed by atoms with van der Waals surface area (Å²) < 4.78 is 11.2. The van der Waals surface area contributed by atoms with Crippen molar-refractivity contribution in [3.63, 3.8) is 0 Å². The van der Waals surface area contributed by atoms with E-state index in [1.165, 1.54) is 0 Å². The molecular formula is C12H15ClO4S. The van der Waals surface area contributed by atoms with E-state index in [2.05, 4.69) is 0 Å². The summed E-state index contributed by atoms with van der Waals surface area (Å²) >= 11 is 4.47. The van der Waals surface area contributed by atoms with Crippen molar-refractivity contribution in [2.45, 2.75) is 35.5 Å². The lowest BCUT2D eigenvalue weighted by atomic mass is 10.2. The Kier molecular flexibility index (Phi) is 5.95. The first kappa shape index (κ1) is 15.3. The summed E-state index contributed by atoms with van der Waals surface area (Å²) in [6.45, 7) is 1.92. The number of carboxylic acids is 1. The Bertz CT molecular complexity index is 396. The molecule has 4 nitrogen and oxygen atoms in total. The fourth-order valence-electron chi connectivity index (χ4n) is 1.41. The van der Waals surface area contributed by atoms with Crippen molar-refractivity contribution in [2.75, 3.05) is 0 Å². The monoisotopic (exact) mass is 290 g/mol. The van der Waals surface area contributed by atoms with Gasteiger partial charge in [0.25, 0.3) is 0 Å². The summed E-state index contributed by atoms with van der Waals surface area (Å²) in [4.78, 5) is 11.0. The van der Waals surface area contributed by atoms with Crippen LogP contribution in [0.1, 0.15) is 18.4 Å². The Morgan fingerprint density at radius 3 is 2.50 bits per heavy atom. The van der Waals surface area contributed by atoms with Gasteiger partial charge in [-0.25, -0.2) is 0 Å². The number of aliphatic carboxylic acids is 1. The molecule has 6 heteroatoms. The van der Waals surface area contributed by atoms with E-state index in [0.29, 0.717) is 4.90 Å². The number of carbonyl (C=O) groups is 1. The normalized spacial score (nSPS) is 16.0. The van der Waals surface area contributed by atoms with Crippen LogP contribution in [0.4, 0.5) is 0 Å². The smallest absolute Gasteiger partial charge is 0.305 e. The molecule has 0 aromatic heterocycles. The van der Waals surface area contributed by atoms with Gasteiger partial charge >= 0.3 is 5.97 Å². The van der Waals surface area contributed by atoms with Crippen LogP contribution in [0.5, 0.6) is 0 Å². The van der Waals surface area contributed by atoms with Gasteiger partial charge in [-0.2, -0.15) is 0 Å². The SMILES string of the molecule is Cc1ccc([S+]([O-])C(Cl)CC(O)CC(=O)O)cc1. The van der Waals surface area contributed by atoms with Crippen molar-refractivity contribution >= 4 is 28.7 Å². The fourth-order valence-corrected chi connectivity index (χ4v) is 3.02. The van der Waals surface area contributed by atoms with Crippen molar-refractivity contribution in [3.05, 3.63) is 29.8 Å². The van der Waals surface area contributed by atoms with Gasteiger partial charge in [-0.05, 0) is 19.1 Å². The van der Waals surface area contributed by atoms with Gasteiger partial charge in [0.15, 0.2) is 9.60 Å². The van der Waals surface area contributed by atoms with Crippen LogP contribution in [0.3, 0.4) is 0 Å². The second kappa shape index (κ2) is 6.99. The van der Waals surface area contributed by atoms with Crippen LogP contribution in [-0.2, 0) is 16.0 Å². The third kappa shape index (κ3) is 4.86. The molecule has 2 N–H and O–H groups in total. The number of alkyl halides is 1. The summed E-state index contributed by atoms with van der Waals surface area (Å²) in [5, 5.41) is 17.9. The number of aliphatic hydroxyl groups is 1. The lowest BCUT2D eigenvalue weighted by Crippen LogP contribution is -2.23. The number of halogens is 1. The predicted molar refractivity (Wildman–Crippen MR) is 70.1 cm³/mol. The van der Waals surface area contributed by atoms with Gasteiger partial charge in [-0.3, -0.25) is 4.79 Å². The lowest BCUT2D eigenvalue weighted by Gasteiger charge is -2.18. The van der Waals surface area contributed by atoms with Crippen LogP contribution in [0.25, 0.3) is 0 Å². The molecule has 3 atom stereocenters. The molecule has 0 aliphatic carbocycles. The first-order chi connectivity index (χ1) is 8.40. The van der Waals surface area contributed by atoms with Crippen LogP contribution in [-0.4, -0.2) is 31.5 Å². The predicted octanol–water partition coefficient (Wildman–Crippen LogP) is 1.89. The molecular weight excluding hydrogens is 276 g/mol. The first-order valence-corrected chi connectivity index (χ1v) is 7.06. The van der Waals surface area contributed by atoms with Gasteiger partial charge in [-0.1, -0.05) is 29.3 Å². The van der Waals surface area contributed by atoms with Crippen molar-refractivity contribution in [3.8, 4) is 0 Å². The molecule has 1 aromatic rings. The van der Waals surface area contributed by atoms with Gasteiger partial charge in [0.1, 0.15) is 0 Å². The van der Waals surface area contributed by atoms with Crippen molar-refractivity contribution < 1.29 is 19.6 Å². The maximum Gasteiger partial charge on any atom is 0.305 e. The molecule has 100 valence electrons. The van der Waals surface area contributed by atoms with Gasteiger partial charge in [0.2, 0.25) is 0 Å². The van der Waals surface area contributed by atoms with Crippen LogP contribution < -0.4 is 0 Å². The molecule has 0 aliphatic rings. The zero-order valence-electron chi connectivity index (χ0n) is 9.88. The summed E-state index contributed by atoms with van der Waals surface area (Å²) in [7, 11) is 0. The minimum Gasteiger partial charge on any atom is -0.610 e. The number of hydrogen-bond acceptors (Lipinski definition) is 3. The van der Waals surface area contributed by atoms with Crippen molar-refractivity contribution in [1.82, 2.24) is 0 Å². The molecule has 3 unspecified atom stereocenters. The largest absolute Gasteiger partial charge is 0.610 e. The molecule has 0 saturated heterocycles. The van der Waals surface area contributed by atoms with E-state index < -0.39 is 34.4 Å². The molecule has 0 spiro atoms. The highest BCUT2D eigenvalue weighted by Gasteiger charge is 2.26. The van der Waals surface area contributed by atoms with E-state index in [-0.39, 0.29) is 6.42 Å². The fraction of sp³-hybridized carbons (Fsp3) is 0.417. The Morgan fingerprint density at radius 2 is 2.00 bits per heavy atom. The maximum absolute atomic E-state index is 12.0. The third-order valence-electron chi connectivity index (χ3n) is 2.35. The number of rotatable bonds is 6. The molecule has 0 amide bonds. The highest BCUT2D eigenvalue weighted by atomic mass is 35.5. The highest BCUT2D eigenvalue weighted by molar-refractivity contribution is 7.93. The molecule has 0 radical (unpaired) electrons. The average Bonchev–Trinajstić information content (AvgIpc) is 2.27. The number of aryl methyl sites for hydroxylation is 1. The van der Waals surface area contributed by atoms with Crippen LogP contribution in [0.15, 0.2) is 29.2 Å². The molecule has 1 rings (SSSR count). The van der Waals surface area contributed by atoms with Crippen LogP contribution >= 0.6 is 11.6 Å². The maximum atomic E-state index is 12.0. The second-order valence-electron chi connectivity index (χ2n) is 4.01. The number of hydrogen-bond donors (Lipinski definition) is 2. The van der Waals surface area contributed by atoms with E-state index in [9.17, 15) is 14.5 Å². The highest BCUT2D eigenvalue weighted by Crippen LogP contribution is 2.23. The lowest BCUT2D eigenvalue weighted by molar-refractivity contribution is -0.139. The topological polar surface area (TPSA) is 80.6 Å². The minimum absolute atomic E-state index is 0.0195. The van der Waals surface area contributed by atoms with E-state index >= 15 is 0 Å². The summed E-state index contributed by atoms with van der Waals surface area (Å²) in [6.07, 6.45) is -1.50. The van der Waals surface area contributed by atoms with E-state index in [1.54, 1.807) is 12.1 Å². The van der Waals surface area contributed by atoms with E-state index in [0.717, 1.165) is 5.56 Å². The third-order valence-corrected chi connectivity index (χ3v) is 4.41. The van der Waals surface area contributed by atoms with Gasteiger partial charge in [0, 0.05) is 17.6 Å². The average molecular weight is 291 g/mol. The molecule has 0 aliphatic heterocycles. The zero-order valence-corrected chi connectivity index (χ0v) is 11.4. The van der Waals surface area contributed by atoms with Gasteiger partial charge < -0.3 is 14.8 Å². The molecule has 0 bridgehead atoms. The summed E-state index contributed by atoms with van der Waals surface area (Å²) in [6, 6.07) is 7.07. The number of aliphatic hydroxyl groups excluding tert-OH is 1.